The van der Waals surface area contributed by atoms with E-state index in [1.165, 1.54) is 28.8 Å². The molecule has 1 aliphatic heterocycles. The molecule has 1 aliphatic rings. The molecule has 1 aromatic heterocycles. The SMILES string of the molecule is COCC(C)(C)C(=O)n1nc(C2CN(C(=O)C(C)(C)C)C(=O)C2C)nc1N(C)Cc1ccc(F)cc1. The molecule has 0 spiro atoms. The van der Waals surface area contributed by atoms with Gasteiger partial charge in [-0.05, 0) is 31.5 Å². The molecule has 2 unspecified atom stereocenters. The molecule has 196 valence electrons. The van der Waals surface area contributed by atoms with E-state index in [0.29, 0.717) is 18.3 Å². The lowest BCUT2D eigenvalue weighted by atomic mass is 9.94. The van der Waals surface area contributed by atoms with Crippen LogP contribution in [-0.4, -0.2) is 64.7 Å². The fourth-order valence-electron chi connectivity index (χ4n) is 4.26. The molecule has 0 radical (unpaired) electrons. The van der Waals surface area contributed by atoms with Gasteiger partial charge < -0.3 is 9.64 Å². The molecule has 0 aliphatic carbocycles. The van der Waals surface area contributed by atoms with E-state index in [4.69, 9.17) is 9.72 Å². The number of imide groups is 1. The number of hydrogen-bond donors (Lipinski definition) is 0. The maximum atomic E-state index is 13.5. The number of carbonyl (C=O) groups excluding carboxylic acids is 3. The van der Waals surface area contributed by atoms with E-state index < -0.39 is 22.7 Å². The van der Waals surface area contributed by atoms with Crippen LogP contribution in [0, 0.1) is 22.6 Å². The van der Waals surface area contributed by atoms with Crippen LogP contribution in [0.5, 0.6) is 0 Å². The number of benzene rings is 1. The molecule has 0 bridgehead atoms. The summed E-state index contributed by atoms with van der Waals surface area (Å²) in [5.74, 6) is -1.55. The summed E-state index contributed by atoms with van der Waals surface area (Å²) in [7, 11) is 3.29. The van der Waals surface area contributed by atoms with Crippen LogP contribution in [-0.2, 0) is 20.9 Å². The molecule has 2 heterocycles. The van der Waals surface area contributed by atoms with Crippen molar-refractivity contribution in [3.05, 3.63) is 41.5 Å². The number of aromatic nitrogens is 3. The van der Waals surface area contributed by atoms with Gasteiger partial charge in [0.15, 0.2) is 5.82 Å². The average molecular weight is 502 g/mol. The summed E-state index contributed by atoms with van der Waals surface area (Å²) in [6, 6.07) is 6.08. The Morgan fingerprint density at radius 3 is 2.31 bits per heavy atom. The number of methoxy groups -OCH3 is 1. The molecule has 0 N–H and O–H groups in total. The van der Waals surface area contributed by atoms with Crippen LogP contribution in [0.4, 0.5) is 10.3 Å². The average Bonchev–Trinajstić information content (AvgIpc) is 3.35. The van der Waals surface area contributed by atoms with E-state index in [1.54, 1.807) is 65.6 Å². The predicted molar refractivity (Wildman–Crippen MR) is 133 cm³/mol. The van der Waals surface area contributed by atoms with Gasteiger partial charge in [0.05, 0.1) is 17.9 Å². The van der Waals surface area contributed by atoms with E-state index in [-0.39, 0.29) is 36.7 Å². The van der Waals surface area contributed by atoms with Gasteiger partial charge in [-0.25, -0.2) is 4.39 Å². The summed E-state index contributed by atoms with van der Waals surface area (Å²) in [4.78, 5) is 47.1. The lowest BCUT2D eigenvalue weighted by Crippen LogP contribution is -2.41. The molecule has 1 fully saturated rings. The highest BCUT2D eigenvalue weighted by Gasteiger charge is 2.46. The standard InChI is InChI=1S/C26H36FN5O4/c1-16-19(14-31(21(16)33)22(34)25(2,3)4)20-28-24(30(7)13-17-9-11-18(27)12-10-17)32(29-20)23(35)26(5,6)15-36-8/h9-12,16,19H,13-15H2,1-8H3. The van der Waals surface area contributed by atoms with Crippen LogP contribution in [0.15, 0.2) is 24.3 Å². The number of halogens is 1. The molecular weight excluding hydrogens is 465 g/mol. The molecule has 36 heavy (non-hydrogen) atoms. The van der Waals surface area contributed by atoms with Crippen molar-refractivity contribution in [3.63, 3.8) is 0 Å². The summed E-state index contributed by atoms with van der Waals surface area (Å²) in [6.45, 7) is 11.3. The van der Waals surface area contributed by atoms with Gasteiger partial charge in [-0.15, -0.1) is 5.10 Å². The zero-order valence-corrected chi connectivity index (χ0v) is 22.3. The Labute approximate surface area is 211 Å². The van der Waals surface area contributed by atoms with Crippen molar-refractivity contribution in [1.29, 1.82) is 0 Å². The summed E-state index contributed by atoms with van der Waals surface area (Å²) in [5, 5.41) is 4.57. The van der Waals surface area contributed by atoms with Gasteiger partial charge in [0.2, 0.25) is 17.8 Å². The van der Waals surface area contributed by atoms with Crippen molar-refractivity contribution >= 4 is 23.7 Å². The van der Waals surface area contributed by atoms with Crippen molar-refractivity contribution in [1.82, 2.24) is 19.7 Å². The van der Waals surface area contributed by atoms with Crippen molar-refractivity contribution < 1.29 is 23.5 Å². The Morgan fingerprint density at radius 1 is 1.14 bits per heavy atom. The van der Waals surface area contributed by atoms with Crippen molar-refractivity contribution in [2.24, 2.45) is 16.7 Å². The van der Waals surface area contributed by atoms with E-state index in [0.717, 1.165) is 5.56 Å². The fourth-order valence-corrected chi connectivity index (χ4v) is 4.26. The minimum absolute atomic E-state index is 0.150. The molecule has 1 aromatic carbocycles. The Bertz CT molecular complexity index is 1140. The molecular formula is C26H36FN5O4. The smallest absolute Gasteiger partial charge is 0.258 e. The summed E-state index contributed by atoms with van der Waals surface area (Å²) >= 11 is 0. The van der Waals surface area contributed by atoms with Crippen molar-refractivity contribution in [2.45, 2.75) is 54.0 Å². The minimum atomic E-state index is -0.892. The molecule has 2 atom stereocenters. The highest BCUT2D eigenvalue weighted by molar-refractivity contribution is 6.00. The number of nitrogens with zero attached hydrogens (tertiary/aromatic N) is 5. The van der Waals surface area contributed by atoms with Crippen LogP contribution < -0.4 is 4.90 Å². The van der Waals surface area contributed by atoms with Gasteiger partial charge in [-0.2, -0.15) is 9.67 Å². The van der Waals surface area contributed by atoms with E-state index in [1.807, 2.05) is 0 Å². The third kappa shape index (κ3) is 5.48. The Balaban J connectivity index is 2.01. The van der Waals surface area contributed by atoms with Crippen LogP contribution in [0.2, 0.25) is 0 Å². The zero-order valence-electron chi connectivity index (χ0n) is 22.3. The molecule has 10 heteroatoms. The normalized spacial score (nSPS) is 18.6. The Morgan fingerprint density at radius 2 is 1.75 bits per heavy atom. The molecule has 9 nitrogen and oxygen atoms in total. The first-order valence-electron chi connectivity index (χ1n) is 12.0. The second-order valence-electron chi connectivity index (χ2n) is 11.2. The van der Waals surface area contributed by atoms with Crippen molar-refractivity contribution in [2.75, 3.05) is 32.2 Å². The first-order valence-corrected chi connectivity index (χ1v) is 12.0. The van der Waals surface area contributed by atoms with Crippen LogP contribution >= 0.6 is 0 Å². The number of ether oxygens (including phenoxy) is 1. The minimum Gasteiger partial charge on any atom is -0.384 e. The van der Waals surface area contributed by atoms with Gasteiger partial charge in [0.1, 0.15) is 5.82 Å². The molecule has 0 saturated carbocycles. The maximum Gasteiger partial charge on any atom is 0.258 e. The van der Waals surface area contributed by atoms with E-state index in [2.05, 4.69) is 5.10 Å². The number of amides is 2. The number of rotatable bonds is 7. The molecule has 2 amide bonds. The van der Waals surface area contributed by atoms with Crippen molar-refractivity contribution in [3.8, 4) is 0 Å². The first kappa shape index (κ1) is 27.4. The maximum absolute atomic E-state index is 13.5. The van der Waals surface area contributed by atoms with E-state index >= 15 is 0 Å². The number of likely N-dealkylation sites (tertiary alicyclic amines) is 1. The Hall–Kier alpha value is -3.14. The van der Waals surface area contributed by atoms with Gasteiger partial charge in [0, 0.05) is 38.6 Å². The molecule has 3 rings (SSSR count). The lowest BCUT2D eigenvalue weighted by Gasteiger charge is -2.24. The highest BCUT2D eigenvalue weighted by Crippen LogP contribution is 2.35. The molecule has 2 aromatic rings. The highest BCUT2D eigenvalue weighted by atomic mass is 19.1. The fraction of sp³-hybridized carbons (Fsp3) is 0.577. The van der Waals surface area contributed by atoms with Crippen LogP contribution in [0.25, 0.3) is 0 Å². The summed E-state index contributed by atoms with van der Waals surface area (Å²) in [5.41, 5.74) is -0.779. The Kier molecular flexibility index (Phi) is 7.69. The number of carbonyl (C=O) groups is 3. The van der Waals surface area contributed by atoms with E-state index in [9.17, 15) is 18.8 Å². The largest absolute Gasteiger partial charge is 0.384 e. The first-order chi connectivity index (χ1) is 16.7. The molecule has 1 saturated heterocycles. The van der Waals surface area contributed by atoms with Crippen LogP contribution in [0.3, 0.4) is 0 Å². The monoisotopic (exact) mass is 501 g/mol. The lowest BCUT2D eigenvalue weighted by molar-refractivity contribution is -0.148. The third-order valence-corrected chi connectivity index (χ3v) is 6.41. The number of anilines is 1. The summed E-state index contributed by atoms with van der Waals surface area (Å²) < 4.78 is 19.9. The van der Waals surface area contributed by atoms with Gasteiger partial charge in [-0.3, -0.25) is 19.3 Å². The third-order valence-electron chi connectivity index (χ3n) is 6.41. The topological polar surface area (TPSA) is 97.6 Å². The second kappa shape index (κ2) is 10.1. The zero-order chi connectivity index (χ0) is 27.0. The summed E-state index contributed by atoms with van der Waals surface area (Å²) in [6.07, 6.45) is 0. The predicted octanol–water partition coefficient (Wildman–Crippen LogP) is 3.50. The van der Waals surface area contributed by atoms with Gasteiger partial charge >= 0.3 is 0 Å². The number of hydrogen-bond acceptors (Lipinski definition) is 7. The van der Waals surface area contributed by atoms with Crippen LogP contribution in [0.1, 0.15) is 63.6 Å². The van der Waals surface area contributed by atoms with Gasteiger partial charge in [0.25, 0.3) is 5.91 Å². The second-order valence-corrected chi connectivity index (χ2v) is 11.2. The quantitative estimate of drug-likeness (QED) is 0.573. The van der Waals surface area contributed by atoms with Gasteiger partial charge in [-0.1, -0.05) is 39.8 Å².